The van der Waals surface area contributed by atoms with Crippen molar-refractivity contribution >= 4 is 46.2 Å². The minimum Gasteiger partial charge on any atom is -0.493 e. The Kier molecular flexibility index (Phi) is 11.2. The van der Waals surface area contributed by atoms with Crippen LogP contribution in [0.3, 0.4) is 0 Å². The highest BCUT2D eigenvalue weighted by atomic mass is 35.5. The summed E-state index contributed by atoms with van der Waals surface area (Å²) in [6, 6.07) is 19.4. The number of halogens is 2. The van der Waals surface area contributed by atoms with Gasteiger partial charge in [-0.05, 0) is 77.9 Å². The highest BCUT2D eigenvalue weighted by molar-refractivity contribution is 6.30. The summed E-state index contributed by atoms with van der Waals surface area (Å²) in [5.41, 5.74) is 14.0. The number of aryl methyl sites for hydroxylation is 3. The molecule has 264 valence electrons. The second-order valence-corrected chi connectivity index (χ2v) is 13.1. The van der Waals surface area contributed by atoms with E-state index in [9.17, 15) is 9.59 Å². The van der Waals surface area contributed by atoms with Gasteiger partial charge in [-0.2, -0.15) is 0 Å². The molecule has 0 fully saturated rings. The Balaban J connectivity index is 0.000000146. The number of carboxylic acids is 1. The molecule has 12 heteroatoms. The minimum absolute atomic E-state index is 0.100. The van der Waals surface area contributed by atoms with Gasteiger partial charge in [0.1, 0.15) is 28.5 Å². The third-order valence-corrected chi connectivity index (χ3v) is 9.28. The van der Waals surface area contributed by atoms with Gasteiger partial charge in [-0.15, -0.1) is 0 Å². The molecule has 2 aromatic carbocycles. The van der Waals surface area contributed by atoms with Crippen molar-refractivity contribution in [2.24, 2.45) is 5.73 Å². The number of carboxylic acid groups (broad SMARTS) is 1. The maximum absolute atomic E-state index is 12.9. The van der Waals surface area contributed by atoms with Gasteiger partial charge in [0.15, 0.2) is 11.5 Å². The molecule has 4 aromatic heterocycles. The van der Waals surface area contributed by atoms with Gasteiger partial charge in [0.2, 0.25) is 0 Å². The van der Waals surface area contributed by atoms with Gasteiger partial charge < -0.3 is 20.3 Å². The van der Waals surface area contributed by atoms with Gasteiger partial charge in [0.25, 0.3) is 0 Å². The SMILES string of the molecule is CCc1nc2ccc(Cl)cn2c1C(=O)CCc1ccc2c(c1)CCO2.CCc1nc2ccc(Cl)cn2c1C(=O)O.NCc1ccc2c(c1)CCO2. The van der Waals surface area contributed by atoms with E-state index in [-0.39, 0.29) is 11.5 Å². The number of Topliss-reactive ketones (excluding diaryl/α,β-unsaturated/α-hetero) is 1. The number of nitrogens with zero attached hydrogens (tertiary/aromatic N) is 4. The Morgan fingerprint density at radius 2 is 1.27 bits per heavy atom. The van der Waals surface area contributed by atoms with Crippen LogP contribution in [0.1, 0.15) is 74.9 Å². The zero-order chi connectivity index (χ0) is 36.1. The standard InChI is InChI=1S/C20H19ClN2O2.C10H9ClN2O2.C9H11NO/c1-2-16-20(23-12-15(21)5-8-19(23)22-16)17(24)6-3-13-4-7-18-14(11-13)9-10-25-18;1-2-7-9(10(14)15)13-5-6(11)3-4-8(13)12-7;10-6-7-1-2-9-8(5-7)3-4-11-9/h4-5,7-8,11-12H,2-3,6,9-10H2,1H3;3-5H,2H2,1H3,(H,14,15);1-2,5H,3-4,6,10H2. The van der Waals surface area contributed by atoms with Crippen molar-refractivity contribution in [1.82, 2.24) is 18.8 Å². The van der Waals surface area contributed by atoms with E-state index < -0.39 is 5.97 Å². The molecule has 0 atom stereocenters. The van der Waals surface area contributed by atoms with Crippen molar-refractivity contribution in [2.75, 3.05) is 13.2 Å². The summed E-state index contributed by atoms with van der Waals surface area (Å²) in [5, 5.41) is 10.2. The van der Waals surface area contributed by atoms with Gasteiger partial charge in [-0.25, -0.2) is 14.8 Å². The fourth-order valence-electron chi connectivity index (χ4n) is 6.29. The number of carbonyl (C=O) groups excluding carboxylic acids is 1. The normalized spacial score (nSPS) is 12.6. The quantitative estimate of drug-likeness (QED) is 0.153. The Morgan fingerprint density at radius 1 is 0.765 bits per heavy atom. The van der Waals surface area contributed by atoms with Crippen LogP contribution in [0.25, 0.3) is 11.3 Å². The number of aromatic nitrogens is 4. The number of hydrogen-bond acceptors (Lipinski definition) is 7. The van der Waals surface area contributed by atoms with Crippen LogP contribution < -0.4 is 15.2 Å². The van der Waals surface area contributed by atoms with Crippen LogP contribution in [0, 0.1) is 0 Å². The van der Waals surface area contributed by atoms with E-state index in [1.165, 1.54) is 26.7 Å². The number of benzene rings is 2. The first kappa shape index (κ1) is 35.9. The molecular formula is C39H39Cl2N5O5. The van der Waals surface area contributed by atoms with Gasteiger partial charge >= 0.3 is 5.97 Å². The van der Waals surface area contributed by atoms with Gasteiger partial charge in [0, 0.05) is 38.2 Å². The molecule has 2 aliphatic heterocycles. The number of pyridine rings is 2. The highest BCUT2D eigenvalue weighted by Crippen LogP contribution is 2.27. The molecule has 2 aliphatic rings. The molecule has 0 spiro atoms. The summed E-state index contributed by atoms with van der Waals surface area (Å²) >= 11 is 11.9. The Labute approximate surface area is 305 Å². The predicted octanol–water partition coefficient (Wildman–Crippen LogP) is 7.63. The van der Waals surface area contributed by atoms with Crippen LogP contribution in [-0.4, -0.2) is 48.8 Å². The number of ketones is 1. The molecule has 10 nitrogen and oxygen atoms in total. The fourth-order valence-corrected chi connectivity index (χ4v) is 6.61. The third-order valence-electron chi connectivity index (χ3n) is 8.83. The van der Waals surface area contributed by atoms with E-state index in [1.807, 2.05) is 48.6 Å². The number of carbonyl (C=O) groups is 2. The lowest BCUT2D eigenvalue weighted by Gasteiger charge is -2.06. The number of fused-ring (bicyclic) bond motifs is 4. The van der Waals surface area contributed by atoms with Crippen LogP contribution in [0.15, 0.2) is 73.1 Å². The number of nitrogens with two attached hydrogens (primary N) is 1. The topological polar surface area (TPSA) is 133 Å². The van der Waals surface area contributed by atoms with Crippen LogP contribution >= 0.6 is 23.2 Å². The lowest BCUT2D eigenvalue weighted by molar-refractivity contribution is 0.0687. The zero-order valence-corrected chi connectivity index (χ0v) is 30.0. The van der Waals surface area contributed by atoms with Crippen molar-refractivity contribution in [3.8, 4) is 11.5 Å². The van der Waals surface area contributed by atoms with Gasteiger partial charge in [0.05, 0.1) is 34.6 Å². The average Bonchev–Trinajstić information content (AvgIpc) is 3.94. The molecule has 0 saturated heterocycles. The van der Waals surface area contributed by atoms with E-state index in [0.717, 1.165) is 55.3 Å². The first-order valence-electron chi connectivity index (χ1n) is 17.0. The van der Waals surface area contributed by atoms with Gasteiger partial charge in [-0.3, -0.25) is 13.6 Å². The fraction of sp³-hybridized carbons (Fsp3) is 0.282. The summed E-state index contributed by atoms with van der Waals surface area (Å²) in [6.07, 6.45) is 7.77. The van der Waals surface area contributed by atoms with Crippen molar-refractivity contribution in [2.45, 2.75) is 58.9 Å². The first-order valence-corrected chi connectivity index (χ1v) is 17.7. The average molecular weight is 729 g/mol. The van der Waals surface area contributed by atoms with E-state index in [0.29, 0.717) is 52.9 Å². The van der Waals surface area contributed by atoms with Crippen molar-refractivity contribution in [1.29, 1.82) is 0 Å². The highest BCUT2D eigenvalue weighted by Gasteiger charge is 2.20. The molecule has 0 unspecified atom stereocenters. The summed E-state index contributed by atoms with van der Waals surface area (Å²) < 4.78 is 14.2. The number of aromatic carboxylic acids is 1. The van der Waals surface area contributed by atoms with Gasteiger partial charge in [-0.1, -0.05) is 61.3 Å². The summed E-state index contributed by atoms with van der Waals surface area (Å²) in [7, 11) is 0. The number of ether oxygens (including phenoxy) is 2. The maximum atomic E-state index is 12.9. The van der Waals surface area contributed by atoms with E-state index in [2.05, 4.69) is 22.1 Å². The second-order valence-electron chi connectivity index (χ2n) is 12.2. The lowest BCUT2D eigenvalue weighted by atomic mass is 10.0. The van der Waals surface area contributed by atoms with Crippen LogP contribution in [0.4, 0.5) is 0 Å². The summed E-state index contributed by atoms with van der Waals surface area (Å²) in [5.74, 6) is 1.12. The number of rotatable bonds is 8. The maximum Gasteiger partial charge on any atom is 0.354 e. The molecule has 0 saturated carbocycles. The molecule has 0 bridgehead atoms. The first-order chi connectivity index (χ1) is 24.7. The molecule has 8 rings (SSSR count). The number of imidazole rings is 2. The lowest BCUT2D eigenvalue weighted by Crippen LogP contribution is -2.08. The molecule has 6 aromatic rings. The molecule has 51 heavy (non-hydrogen) atoms. The molecule has 0 amide bonds. The molecule has 6 heterocycles. The van der Waals surface area contributed by atoms with Crippen molar-refractivity contribution < 1.29 is 24.2 Å². The summed E-state index contributed by atoms with van der Waals surface area (Å²) in [4.78, 5) is 32.7. The Morgan fingerprint density at radius 3 is 1.80 bits per heavy atom. The van der Waals surface area contributed by atoms with E-state index in [1.54, 1.807) is 30.6 Å². The second kappa shape index (κ2) is 16.0. The van der Waals surface area contributed by atoms with Crippen molar-refractivity contribution in [3.63, 3.8) is 0 Å². The number of hydrogen-bond donors (Lipinski definition) is 2. The molecule has 0 radical (unpaired) electrons. The monoisotopic (exact) mass is 727 g/mol. The van der Waals surface area contributed by atoms with E-state index in [4.69, 9.17) is 43.5 Å². The largest absolute Gasteiger partial charge is 0.493 e. The van der Waals surface area contributed by atoms with Crippen molar-refractivity contribution in [3.05, 3.63) is 128 Å². The predicted molar refractivity (Wildman–Crippen MR) is 198 cm³/mol. The van der Waals surface area contributed by atoms with Crippen LogP contribution in [0.5, 0.6) is 11.5 Å². The summed E-state index contributed by atoms with van der Waals surface area (Å²) in [6.45, 7) is 6.08. The van der Waals surface area contributed by atoms with Crippen LogP contribution in [-0.2, 0) is 38.6 Å². The Hall–Kier alpha value is -4.90. The Bertz CT molecular complexity index is 2230. The molecular weight excluding hydrogens is 689 g/mol. The molecule has 0 aliphatic carbocycles. The third kappa shape index (κ3) is 8.04. The minimum atomic E-state index is -0.985. The van der Waals surface area contributed by atoms with E-state index >= 15 is 0 Å². The van der Waals surface area contributed by atoms with Crippen LogP contribution in [0.2, 0.25) is 10.0 Å². The zero-order valence-electron chi connectivity index (χ0n) is 28.5. The molecule has 3 N–H and O–H groups in total. The smallest absolute Gasteiger partial charge is 0.354 e.